The van der Waals surface area contributed by atoms with Gasteiger partial charge in [-0.25, -0.2) is 0 Å². The molecule has 0 amide bonds. The van der Waals surface area contributed by atoms with Gasteiger partial charge in [0, 0.05) is 12.1 Å². The second-order valence-corrected chi connectivity index (χ2v) is 4.07. The van der Waals surface area contributed by atoms with Gasteiger partial charge in [0.2, 0.25) is 0 Å². The molecule has 0 radical (unpaired) electrons. The van der Waals surface area contributed by atoms with E-state index >= 15 is 0 Å². The molecule has 2 rings (SSSR count). The highest BCUT2D eigenvalue weighted by atomic mass is 35.5. The van der Waals surface area contributed by atoms with E-state index < -0.39 is 0 Å². The Morgan fingerprint density at radius 3 is 2.54 bits per heavy atom. The van der Waals surface area contributed by atoms with Crippen LogP contribution in [0.15, 0.2) is 48.1 Å². The van der Waals surface area contributed by atoms with Crippen LogP contribution >= 0.6 is 22.9 Å². The molecule has 2 aromatic rings. The third kappa shape index (κ3) is 1.90. The van der Waals surface area contributed by atoms with E-state index in [1.165, 1.54) is 0 Å². The van der Waals surface area contributed by atoms with Gasteiger partial charge in [-0.3, -0.25) is 0 Å². The number of thiophene rings is 1. The average Bonchev–Trinajstić information content (AvgIpc) is 2.71. The van der Waals surface area contributed by atoms with Crippen LogP contribution in [-0.4, -0.2) is 0 Å². The van der Waals surface area contributed by atoms with E-state index in [1.54, 1.807) is 11.3 Å². The molecule has 0 fully saturated rings. The first-order chi connectivity index (χ1) is 6.38. The van der Waals surface area contributed by atoms with Gasteiger partial charge in [-0.15, -0.1) is 11.3 Å². The highest BCUT2D eigenvalue weighted by molar-refractivity contribution is 7.10. The molecule has 0 aliphatic rings. The molecule has 66 valence electrons. The number of rotatable bonds is 2. The minimum absolute atomic E-state index is 0.0822. The molecule has 3 heteroatoms. The molecule has 1 nitrogen and oxygen atoms in total. The fraction of sp³-hybridized carbons (Fsp3) is 0.100. The van der Waals surface area contributed by atoms with E-state index in [9.17, 15) is 0 Å². The number of nitrogens with zero attached hydrogens (tertiary/aromatic N) is 1. The Morgan fingerprint density at radius 1 is 1.15 bits per heavy atom. The summed E-state index contributed by atoms with van der Waals surface area (Å²) in [7, 11) is 0. The van der Waals surface area contributed by atoms with E-state index in [0.29, 0.717) is 0 Å². The first-order valence-electron chi connectivity index (χ1n) is 4.01. The average molecular weight is 211 g/mol. The second kappa shape index (κ2) is 3.90. The van der Waals surface area contributed by atoms with Crippen LogP contribution in [0.3, 0.4) is 0 Å². The van der Waals surface area contributed by atoms with Crippen molar-refractivity contribution in [1.29, 1.82) is 0 Å². The highest BCUT2D eigenvalue weighted by Crippen LogP contribution is 2.21. The number of hydrogen-bond donors (Lipinski definition) is 0. The van der Waals surface area contributed by atoms with Gasteiger partial charge in [0.15, 0.2) is 12.4 Å². The molecule has 2 heterocycles. The molecular formula is C10H9ClNS+. The van der Waals surface area contributed by atoms with E-state index in [-0.39, 0.29) is 5.50 Å². The Balaban J connectivity index is 2.29. The molecule has 0 N–H and O–H groups in total. The van der Waals surface area contributed by atoms with Gasteiger partial charge in [0.25, 0.3) is 5.50 Å². The van der Waals surface area contributed by atoms with E-state index in [1.807, 2.05) is 52.7 Å². The highest BCUT2D eigenvalue weighted by Gasteiger charge is 2.16. The topological polar surface area (TPSA) is 3.88 Å². The number of aromatic nitrogens is 1. The summed E-state index contributed by atoms with van der Waals surface area (Å²) >= 11 is 7.92. The second-order valence-electron chi connectivity index (χ2n) is 2.67. The lowest BCUT2D eigenvalue weighted by Gasteiger charge is -2.00. The van der Waals surface area contributed by atoms with Gasteiger partial charge in [0.05, 0.1) is 4.88 Å². The first-order valence-corrected chi connectivity index (χ1v) is 5.33. The number of halogens is 1. The monoisotopic (exact) mass is 210 g/mol. The largest absolute Gasteiger partial charge is 0.267 e. The van der Waals surface area contributed by atoms with Crippen molar-refractivity contribution in [2.45, 2.75) is 5.50 Å². The maximum absolute atomic E-state index is 6.25. The van der Waals surface area contributed by atoms with Crippen LogP contribution in [-0.2, 0) is 0 Å². The summed E-state index contributed by atoms with van der Waals surface area (Å²) in [6, 6.07) is 9.99. The van der Waals surface area contributed by atoms with Crippen LogP contribution < -0.4 is 4.57 Å². The Kier molecular flexibility index (Phi) is 2.62. The SMILES string of the molecule is ClC(c1cccs1)[n+]1ccccc1. The van der Waals surface area contributed by atoms with Crippen molar-refractivity contribution in [3.63, 3.8) is 0 Å². The Morgan fingerprint density at radius 2 is 1.92 bits per heavy atom. The maximum atomic E-state index is 6.25. The smallest absolute Gasteiger partial charge is 0.183 e. The van der Waals surface area contributed by atoms with Crippen LogP contribution in [0.1, 0.15) is 10.4 Å². The van der Waals surface area contributed by atoms with E-state index in [2.05, 4.69) is 0 Å². The predicted molar refractivity (Wildman–Crippen MR) is 54.9 cm³/mol. The quantitative estimate of drug-likeness (QED) is 0.530. The van der Waals surface area contributed by atoms with Crippen LogP contribution in [0, 0.1) is 0 Å². The molecule has 0 aliphatic carbocycles. The Bertz CT molecular complexity index is 358. The summed E-state index contributed by atoms with van der Waals surface area (Å²) in [4.78, 5) is 1.16. The van der Waals surface area contributed by atoms with Crippen molar-refractivity contribution in [3.8, 4) is 0 Å². The van der Waals surface area contributed by atoms with Gasteiger partial charge in [-0.1, -0.05) is 12.1 Å². The van der Waals surface area contributed by atoms with Crippen molar-refractivity contribution in [2.24, 2.45) is 0 Å². The predicted octanol–water partition coefficient (Wildman–Crippen LogP) is 2.82. The van der Waals surface area contributed by atoms with Crippen molar-refractivity contribution in [1.82, 2.24) is 0 Å². The number of pyridine rings is 1. The molecule has 0 aromatic carbocycles. The fourth-order valence-electron chi connectivity index (χ4n) is 1.14. The summed E-state index contributed by atoms with van der Waals surface area (Å²) in [5.41, 5.74) is -0.0822. The molecule has 0 saturated carbocycles. The van der Waals surface area contributed by atoms with Crippen LogP contribution in [0.4, 0.5) is 0 Å². The zero-order chi connectivity index (χ0) is 9.10. The molecule has 13 heavy (non-hydrogen) atoms. The van der Waals surface area contributed by atoms with Crippen LogP contribution in [0.2, 0.25) is 0 Å². The van der Waals surface area contributed by atoms with E-state index in [0.717, 1.165) is 4.88 Å². The van der Waals surface area contributed by atoms with Gasteiger partial charge in [-0.2, -0.15) is 4.57 Å². The molecule has 1 atom stereocenters. The van der Waals surface area contributed by atoms with Gasteiger partial charge in [-0.05, 0) is 23.0 Å². The molecule has 0 aliphatic heterocycles. The van der Waals surface area contributed by atoms with Gasteiger partial charge < -0.3 is 0 Å². The van der Waals surface area contributed by atoms with Crippen LogP contribution in [0.5, 0.6) is 0 Å². The molecule has 1 unspecified atom stereocenters. The zero-order valence-corrected chi connectivity index (χ0v) is 8.50. The third-order valence-electron chi connectivity index (χ3n) is 1.78. The lowest BCUT2D eigenvalue weighted by molar-refractivity contribution is -0.693. The van der Waals surface area contributed by atoms with Crippen LogP contribution in [0.25, 0.3) is 0 Å². The van der Waals surface area contributed by atoms with Crippen molar-refractivity contribution >= 4 is 22.9 Å². The maximum Gasteiger partial charge on any atom is 0.267 e. The van der Waals surface area contributed by atoms with E-state index in [4.69, 9.17) is 11.6 Å². The summed E-state index contributed by atoms with van der Waals surface area (Å²) < 4.78 is 1.98. The summed E-state index contributed by atoms with van der Waals surface area (Å²) in [5, 5.41) is 2.04. The zero-order valence-electron chi connectivity index (χ0n) is 6.93. The number of alkyl halides is 1. The third-order valence-corrected chi connectivity index (χ3v) is 3.29. The lowest BCUT2D eigenvalue weighted by atomic mass is 10.4. The standard InChI is InChI=1S/C10H9ClNS/c11-10(9-5-4-8-13-9)12-6-2-1-3-7-12/h1-8,10H/q+1. The van der Waals surface area contributed by atoms with Gasteiger partial charge >= 0.3 is 0 Å². The number of hydrogen-bond acceptors (Lipinski definition) is 1. The molecule has 0 spiro atoms. The Hall–Kier alpha value is -0.860. The normalized spacial score (nSPS) is 12.7. The molecule has 0 saturated heterocycles. The first kappa shape index (κ1) is 8.73. The lowest BCUT2D eigenvalue weighted by Crippen LogP contribution is -2.35. The summed E-state index contributed by atoms with van der Waals surface area (Å²) in [6.45, 7) is 0. The molecule has 2 aromatic heterocycles. The van der Waals surface area contributed by atoms with Gasteiger partial charge in [0.1, 0.15) is 0 Å². The summed E-state index contributed by atoms with van der Waals surface area (Å²) in [5.74, 6) is 0. The molecular weight excluding hydrogens is 202 g/mol. The Labute approximate surface area is 86.2 Å². The van der Waals surface area contributed by atoms with Crippen molar-refractivity contribution < 1.29 is 4.57 Å². The fourth-order valence-corrected chi connectivity index (χ4v) is 2.20. The van der Waals surface area contributed by atoms with Crippen molar-refractivity contribution in [2.75, 3.05) is 0 Å². The van der Waals surface area contributed by atoms with Crippen molar-refractivity contribution in [3.05, 3.63) is 53.0 Å². The summed E-state index contributed by atoms with van der Waals surface area (Å²) in [6.07, 6.45) is 3.94. The molecule has 0 bridgehead atoms. The minimum Gasteiger partial charge on any atom is -0.183 e. The minimum atomic E-state index is -0.0822.